The van der Waals surface area contributed by atoms with Crippen molar-refractivity contribution in [3.05, 3.63) is 83.7 Å². The lowest BCUT2D eigenvalue weighted by Gasteiger charge is -2.33. The number of pyridine rings is 1. The summed E-state index contributed by atoms with van der Waals surface area (Å²) in [7, 11) is -3.58. The maximum absolute atomic E-state index is 13.8. The molecule has 1 fully saturated rings. The Morgan fingerprint density at radius 3 is 2.44 bits per heavy atom. The average molecular weight is 521 g/mol. The maximum atomic E-state index is 13.8. The molecule has 0 spiro atoms. The van der Waals surface area contributed by atoms with E-state index in [2.05, 4.69) is 11.1 Å². The molecule has 1 saturated heterocycles. The highest BCUT2D eigenvalue weighted by Gasteiger charge is 2.35. The van der Waals surface area contributed by atoms with Crippen molar-refractivity contribution in [1.29, 1.82) is 0 Å². The van der Waals surface area contributed by atoms with Crippen LogP contribution >= 0.6 is 11.3 Å². The molecule has 0 unspecified atom stereocenters. The van der Waals surface area contributed by atoms with Gasteiger partial charge < -0.3 is 0 Å². The summed E-state index contributed by atoms with van der Waals surface area (Å²) < 4.78 is 28.7. The van der Waals surface area contributed by atoms with E-state index in [-0.39, 0.29) is 11.8 Å². The summed E-state index contributed by atoms with van der Waals surface area (Å²) in [4.78, 5) is 25.0. The van der Waals surface area contributed by atoms with Gasteiger partial charge in [-0.2, -0.15) is 4.31 Å². The van der Waals surface area contributed by atoms with Crippen molar-refractivity contribution in [1.82, 2.24) is 14.3 Å². The number of aryl methyl sites for hydroxylation is 2. The third kappa shape index (κ3) is 5.04. The van der Waals surface area contributed by atoms with Crippen molar-refractivity contribution in [2.24, 2.45) is 5.92 Å². The minimum atomic E-state index is -3.58. The maximum Gasteiger partial charge on any atom is 0.243 e. The minimum absolute atomic E-state index is 0.0381. The number of benzene rings is 2. The van der Waals surface area contributed by atoms with Crippen molar-refractivity contribution >= 4 is 42.6 Å². The number of carbonyl (C=O) groups is 1. The second-order valence-corrected chi connectivity index (χ2v) is 12.2. The Labute approximate surface area is 215 Å². The Kier molecular flexibility index (Phi) is 6.87. The van der Waals surface area contributed by atoms with Crippen molar-refractivity contribution in [2.45, 2.75) is 38.1 Å². The van der Waals surface area contributed by atoms with E-state index in [1.807, 2.05) is 44.2 Å². The Balaban J connectivity index is 1.37. The van der Waals surface area contributed by atoms with E-state index < -0.39 is 10.0 Å². The Bertz CT molecular complexity index is 1480. The Hall–Kier alpha value is -3.14. The van der Waals surface area contributed by atoms with Gasteiger partial charge in [-0.05, 0) is 68.7 Å². The van der Waals surface area contributed by atoms with Gasteiger partial charge in [0.05, 0.1) is 27.4 Å². The SMILES string of the molecule is Cc1ccc(S(=O)(=O)N2CCC(C(=O)N(Cc3ccccn3)c3nc4ccc(C)cc4s3)CC2)cc1. The van der Waals surface area contributed by atoms with Gasteiger partial charge in [-0.25, -0.2) is 13.4 Å². The van der Waals surface area contributed by atoms with Gasteiger partial charge in [0, 0.05) is 25.2 Å². The summed E-state index contributed by atoms with van der Waals surface area (Å²) >= 11 is 1.49. The van der Waals surface area contributed by atoms with Crippen LogP contribution in [0.15, 0.2) is 71.8 Å². The molecule has 36 heavy (non-hydrogen) atoms. The third-order valence-corrected chi connectivity index (χ3v) is 9.49. The highest BCUT2D eigenvalue weighted by atomic mass is 32.2. The number of fused-ring (bicyclic) bond motifs is 1. The standard InChI is InChI=1S/C27H28N4O3S2/c1-19-6-9-23(10-7-19)36(33,34)30-15-12-21(13-16-30)26(32)31(18-22-5-3-4-14-28-22)27-29-24-11-8-20(2)17-25(24)35-27/h3-11,14,17,21H,12-13,15-16,18H2,1-2H3. The van der Waals surface area contributed by atoms with E-state index >= 15 is 0 Å². The van der Waals surface area contributed by atoms with Gasteiger partial charge in [0.2, 0.25) is 15.9 Å². The Morgan fingerprint density at radius 1 is 1.03 bits per heavy atom. The highest BCUT2D eigenvalue weighted by molar-refractivity contribution is 7.89. The number of hydrogen-bond acceptors (Lipinski definition) is 6. The van der Waals surface area contributed by atoms with Crippen LogP contribution in [0.25, 0.3) is 10.2 Å². The summed E-state index contributed by atoms with van der Waals surface area (Å²) in [5, 5.41) is 0.640. The lowest BCUT2D eigenvalue weighted by Crippen LogP contribution is -2.44. The molecule has 2 aromatic heterocycles. The average Bonchev–Trinajstić information content (AvgIpc) is 3.31. The van der Waals surface area contributed by atoms with E-state index in [0.29, 0.717) is 42.5 Å². The molecule has 0 saturated carbocycles. The number of aromatic nitrogens is 2. The number of thiazole rings is 1. The van der Waals surface area contributed by atoms with Crippen LogP contribution in [-0.2, 0) is 21.4 Å². The summed E-state index contributed by atoms with van der Waals surface area (Å²) in [5.41, 5.74) is 3.79. The van der Waals surface area contributed by atoms with Crippen LogP contribution in [0.1, 0.15) is 29.7 Å². The van der Waals surface area contributed by atoms with Crippen LogP contribution in [-0.4, -0.2) is 41.7 Å². The lowest BCUT2D eigenvalue weighted by molar-refractivity contribution is -0.123. The molecule has 4 aromatic rings. The molecule has 0 aliphatic carbocycles. The predicted molar refractivity (Wildman–Crippen MR) is 142 cm³/mol. The first-order valence-corrected chi connectivity index (χ1v) is 14.2. The van der Waals surface area contributed by atoms with Crippen LogP contribution in [0.5, 0.6) is 0 Å². The first-order chi connectivity index (χ1) is 17.3. The third-order valence-electron chi connectivity index (χ3n) is 6.54. The molecule has 0 bridgehead atoms. The molecule has 5 rings (SSSR count). The topological polar surface area (TPSA) is 83.5 Å². The van der Waals surface area contributed by atoms with Crippen molar-refractivity contribution in [3.8, 4) is 0 Å². The molecule has 2 aromatic carbocycles. The van der Waals surface area contributed by atoms with Gasteiger partial charge >= 0.3 is 0 Å². The fourth-order valence-corrected chi connectivity index (χ4v) is 6.99. The number of nitrogens with zero attached hydrogens (tertiary/aromatic N) is 4. The second-order valence-electron chi connectivity index (χ2n) is 9.20. The first kappa shape index (κ1) is 24.5. The van der Waals surface area contributed by atoms with E-state index in [1.165, 1.54) is 15.6 Å². The number of amides is 1. The molecule has 0 radical (unpaired) electrons. The van der Waals surface area contributed by atoms with Gasteiger partial charge in [0.1, 0.15) is 0 Å². The summed E-state index contributed by atoms with van der Waals surface area (Å²) in [6.07, 6.45) is 2.65. The molecule has 186 valence electrons. The van der Waals surface area contributed by atoms with E-state index in [1.54, 1.807) is 35.4 Å². The molecular formula is C27H28N4O3S2. The van der Waals surface area contributed by atoms with Gasteiger partial charge in [-0.1, -0.05) is 41.2 Å². The zero-order valence-electron chi connectivity index (χ0n) is 20.3. The van der Waals surface area contributed by atoms with E-state index in [4.69, 9.17) is 4.98 Å². The van der Waals surface area contributed by atoms with Crippen LogP contribution in [0.2, 0.25) is 0 Å². The molecule has 1 amide bonds. The van der Waals surface area contributed by atoms with E-state index in [0.717, 1.165) is 27.0 Å². The van der Waals surface area contributed by atoms with E-state index in [9.17, 15) is 13.2 Å². The molecule has 3 heterocycles. The molecular weight excluding hydrogens is 492 g/mol. The molecule has 1 aliphatic heterocycles. The normalized spacial score (nSPS) is 15.3. The fourth-order valence-electron chi connectivity index (χ4n) is 4.45. The van der Waals surface area contributed by atoms with Crippen molar-refractivity contribution in [2.75, 3.05) is 18.0 Å². The number of anilines is 1. The summed E-state index contributed by atoms with van der Waals surface area (Å²) in [6.45, 7) is 4.90. The summed E-state index contributed by atoms with van der Waals surface area (Å²) in [6, 6.07) is 18.6. The largest absolute Gasteiger partial charge is 0.282 e. The molecule has 1 aliphatic rings. The number of rotatable bonds is 6. The van der Waals surface area contributed by atoms with Crippen LogP contribution in [0.4, 0.5) is 5.13 Å². The zero-order valence-corrected chi connectivity index (χ0v) is 21.9. The van der Waals surface area contributed by atoms with Crippen molar-refractivity contribution < 1.29 is 13.2 Å². The van der Waals surface area contributed by atoms with Gasteiger partial charge in [-0.15, -0.1) is 0 Å². The zero-order chi connectivity index (χ0) is 25.3. The van der Waals surface area contributed by atoms with Gasteiger partial charge in [0.25, 0.3) is 0 Å². The lowest BCUT2D eigenvalue weighted by atomic mass is 9.96. The monoisotopic (exact) mass is 520 g/mol. The molecule has 9 heteroatoms. The number of carbonyl (C=O) groups excluding carboxylic acids is 1. The Morgan fingerprint density at radius 2 is 1.75 bits per heavy atom. The fraction of sp³-hybridized carbons (Fsp3) is 0.296. The summed E-state index contributed by atoms with van der Waals surface area (Å²) in [5.74, 6) is -0.323. The van der Waals surface area contributed by atoms with Crippen LogP contribution in [0, 0.1) is 19.8 Å². The van der Waals surface area contributed by atoms with Gasteiger partial charge in [0.15, 0.2) is 5.13 Å². The van der Waals surface area contributed by atoms with Crippen LogP contribution in [0.3, 0.4) is 0 Å². The molecule has 0 N–H and O–H groups in total. The van der Waals surface area contributed by atoms with Crippen LogP contribution < -0.4 is 4.90 Å². The number of piperidine rings is 1. The predicted octanol–water partition coefficient (Wildman–Crippen LogP) is 4.94. The first-order valence-electron chi connectivity index (χ1n) is 12.0. The number of hydrogen-bond donors (Lipinski definition) is 0. The quantitative estimate of drug-likeness (QED) is 0.360. The number of sulfonamides is 1. The second kappa shape index (κ2) is 10.1. The van der Waals surface area contributed by atoms with Gasteiger partial charge in [-0.3, -0.25) is 14.7 Å². The highest BCUT2D eigenvalue weighted by Crippen LogP contribution is 2.33. The molecule has 7 nitrogen and oxygen atoms in total. The smallest absolute Gasteiger partial charge is 0.243 e. The minimum Gasteiger partial charge on any atom is -0.282 e. The van der Waals surface area contributed by atoms with Crippen molar-refractivity contribution in [3.63, 3.8) is 0 Å². The molecule has 0 atom stereocenters.